The number of carboxylic acid groups (broad SMARTS) is 1. The quantitative estimate of drug-likeness (QED) is 0.476. The summed E-state index contributed by atoms with van der Waals surface area (Å²) in [6, 6.07) is 5.27. The third-order valence-corrected chi connectivity index (χ3v) is 1.72. The zero-order valence-electron chi connectivity index (χ0n) is 7.90. The molecule has 1 heterocycles. The van der Waals surface area contributed by atoms with Crippen LogP contribution in [-0.2, 0) is 0 Å². The number of hydrogen-bond donors (Lipinski definition) is 0. The summed E-state index contributed by atoms with van der Waals surface area (Å²) in [4.78, 5) is 14.1. The molecule has 0 aliphatic rings. The Morgan fingerprint density at radius 3 is 2.86 bits per heavy atom. The van der Waals surface area contributed by atoms with E-state index in [0.717, 1.165) is 5.56 Å². The van der Waals surface area contributed by atoms with Gasteiger partial charge >= 0.3 is 29.6 Å². The van der Waals surface area contributed by atoms with Crippen LogP contribution in [-0.4, -0.2) is 11.0 Å². The minimum absolute atomic E-state index is 0. The number of carboxylic acids is 1. The number of aromatic carboxylic acids is 1. The number of carbonyl (C=O) groups is 1. The van der Waals surface area contributed by atoms with Crippen molar-refractivity contribution >= 4 is 17.1 Å². The van der Waals surface area contributed by atoms with Crippen LogP contribution in [0, 0.1) is 6.92 Å². The third-order valence-electron chi connectivity index (χ3n) is 1.72. The molecule has 0 spiro atoms. The summed E-state index contributed by atoms with van der Waals surface area (Å²) in [5.74, 6) is -1.77. The van der Waals surface area contributed by atoms with Gasteiger partial charge in [0.15, 0.2) is 5.58 Å². The molecule has 0 saturated heterocycles. The molecule has 5 heteroatoms. The molecular formula is C9H6NNaO3. The van der Waals surface area contributed by atoms with Crippen molar-refractivity contribution < 1.29 is 43.9 Å². The number of fused-ring (bicyclic) bond motifs is 1. The Morgan fingerprint density at radius 1 is 1.50 bits per heavy atom. The smallest absolute Gasteiger partial charge is 0.540 e. The number of rotatable bonds is 1. The summed E-state index contributed by atoms with van der Waals surface area (Å²) in [6.07, 6.45) is 0. The molecule has 14 heavy (non-hydrogen) atoms. The van der Waals surface area contributed by atoms with Gasteiger partial charge in [0.05, 0.1) is 0 Å². The summed E-state index contributed by atoms with van der Waals surface area (Å²) in [6.45, 7) is 1.90. The van der Waals surface area contributed by atoms with Gasteiger partial charge in [0, 0.05) is 0 Å². The van der Waals surface area contributed by atoms with E-state index < -0.39 is 5.97 Å². The van der Waals surface area contributed by atoms with Crippen LogP contribution < -0.4 is 34.7 Å². The minimum atomic E-state index is -1.39. The molecule has 0 amide bonds. The molecule has 1 aromatic carbocycles. The molecule has 4 nitrogen and oxygen atoms in total. The average molecular weight is 199 g/mol. The molecule has 0 radical (unpaired) electrons. The van der Waals surface area contributed by atoms with Crippen LogP contribution in [0.3, 0.4) is 0 Å². The van der Waals surface area contributed by atoms with Crippen LogP contribution in [0.4, 0.5) is 0 Å². The van der Waals surface area contributed by atoms with Crippen LogP contribution in [0.25, 0.3) is 11.1 Å². The number of hydrogen-bond acceptors (Lipinski definition) is 4. The van der Waals surface area contributed by atoms with Crippen molar-refractivity contribution in [2.24, 2.45) is 0 Å². The van der Waals surface area contributed by atoms with Crippen molar-refractivity contribution in [1.29, 1.82) is 0 Å². The van der Waals surface area contributed by atoms with Gasteiger partial charge in [-0.05, 0) is 24.6 Å². The first-order chi connectivity index (χ1) is 6.16. The molecule has 0 bridgehead atoms. The first kappa shape index (κ1) is 11.2. The fraction of sp³-hybridized carbons (Fsp3) is 0.111. The minimum Gasteiger partial charge on any atom is -0.540 e. The second kappa shape index (κ2) is 4.13. The molecule has 2 rings (SSSR count). The zero-order chi connectivity index (χ0) is 9.42. The van der Waals surface area contributed by atoms with Crippen molar-refractivity contribution in [3.63, 3.8) is 0 Å². The summed E-state index contributed by atoms with van der Waals surface area (Å²) in [7, 11) is 0. The number of aromatic nitrogens is 1. The number of oxazole rings is 1. The van der Waals surface area contributed by atoms with E-state index in [1.54, 1.807) is 12.1 Å². The normalized spacial score (nSPS) is 9.79. The third kappa shape index (κ3) is 1.97. The van der Waals surface area contributed by atoms with E-state index in [4.69, 9.17) is 4.42 Å². The van der Waals surface area contributed by atoms with E-state index in [9.17, 15) is 9.90 Å². The number of carbonyl (C=O) groups excluding carboxylic acids is 1. The Labute approximate surface area is 102 Å². The number of benzene rings is 1. The van der Waals surface area contributed by atoms with Crippen molar-refractivity contribution in [2.45, 2.75) is 6.92 Å². The van der Waals surface area contributed by atoms with E-state index >= 15 is 0 Å². The molecule has 66 valence electrons. The van der Waals surface area contributed by atoms with Gasteiger partial charge in [-0.2, -0.15) is 0 Å². The molecule has 0 aliphatic heterocycles. The van der Waals surface area contributed by atoms with Gasteiger partial charge < -0.3 is 14.3 Å². The van der Waals surface area contributed by atoms with Gasteiger partial charge in [-0.25, -0.2) is 4.98 Å². The summed E-state index contributed by atoms with van der Waals surface area (Å²) >= 11 is 0. The van der Waals surface area contributed by atoms with Gasteiger partial charge in [0.2, 0.25) is 5.89 Å². The van der Waals surface area contributed by atoms with Crippen molar-refractivity contribution in [1.82, 2.24) is 4.98 Å². The molecule has 0 atom stereocenters. The van der Waals surface area contributed by atoms with Gasteiger partial charge in [-0.15, -0.1) is 0 Å². The second-order valence-electron chi connectivity index (χ2n) is 2.78. The fourth-order valence-electron chi connectivity index (χ4n) is 1.12. The van der Waals surface area contributed by atoms with Crippen molar-refractivity contribution in [3.05, 3.63) is 29.7 Å². The Hall–Kier alpha value is -0.840. The van der Waals surface area contributed by atoms with Crippen molar-refractivity contribution in [2.75, 3.05) is 0 Å². The largest absolute Gasteiger partial charge is 1.00 e. The molecule has 0 aliphatic carbocycles. The second-order valence-corrected chi connectivity index (χ2v) is 2.78. The van der Waals surface area contributed by atoms with E-state index in [0.29, 0.717) is 11.1 Å². The molecule has 0 unspecified atom stereocenters. The van der Waals surface area contributed by atoms with E-state index in [-0.39, 0.29) is 35.4 Å². The summed E-state index contributed by atoms with van der Waals surface area (Å²) in [5.41, 5.74) is 2.01. The van der Waals surface area contributed by atoms with Gasteiger partial charge in [-0.3, -0.25) is 0 Å². The SMILES string of the molecule is Cc1ccc2oc(C(=O)[O-])nc2c1.[Na+]. The molecule has 0 fully saturated rings. The standard InChI is InChI=1S/C9H7NO3.Na/c1-5-2-3-7-6(4-5)10-8(13-7)9(11)12;/h2-4H,1H3,(H,11,12);/q;+1/p-1. The van der Waals surface area contributed by atoms with Crippen LogP contribution in [0.15, 0.2) is 22.6 Å². The predicted octanol–water partition coefficient (Wildman–Crippen LogP) is -2.50. The fourth-order valence-corrected chi connectivity index (χ4v) is 1.12. The maximum absolute atomic E-state index is 10.4. The van der Waals surface area contributed by atoms with Crippen molar-refractivity contribution in [3.8, 4) is 0 Å². The monoisotopic (exact) mass is 199 g/mol. The Morgan fingerprint density at radius 2 is 2.21 bits per heavy atom. The average Bonchev–Trinajstić information content (AvgIpc) is 2.46. The molecule has 1 aromatic heterocycles. The number of nitrogens with zero attached hydrogens (tertiary/aromatic N) is 1. The maximum Gasteiger partial charge on any atom is 1.00 e. The summed E-state index contributed by atoms with van der Waals surface area (Å²) < 4.78 is 4.91. The first-order valence-electron chi connectivity index (χ1n) is 3.75. The summed E-state index contributed by atoms with van der Waals surface area (Å²) in [5, 5.41) is 10.4. The van der Waals surface area contributed by atoms with Crippen LogP contribution >= 0.6 is 0 Å². The van der Waals surface area contributed by atoms with E-state index in [2.05, 4.69) is 4.98 Å². The van der Waals surface area contributed by atoms with Crippen LogP contribution in [0.5, 0.6) is 0 Å². The Bertz CT molecular complexity index is 478. The zero-order valence-corrected chi connectivity index (χ0v) is 9.90. The molecule has 0 saturated carbocycles. The maximum atomic E-state index is 10.4. The van der Waals surface area contributed by atoms with E-state index in [1.807, 2.05) is 13.0 Å². The Balaban J connectivity index is 0.000000980. The van der Waals surface area contributed by atoms with Crippen LogP contribution in [0.2, 0.25) is 0 Å². The Kier molecular flexibility index (Phi) is 3.31. The van der Waals surface area contributed by atoms with E-state index in [1.165, 1.54) is 0 Å². The topological polar surface area (TPSA) is 66.2 Å². The predicted molar refractivity (Wildman–Crippen MR) is 43.1 cm³/mol. The van der Waals surface area contributed by atoms with Gasteiger partial charge in [-0.1, -0.05) is 6.07 Å². The molecular weight excluding hydrogens is 193 g/mol. The molecule has 0 N–H and O–H groups in total. The van der Waals surface area contributed by atoms with Crippen LogP contribution in [0.1, 0.15) is 16.2 Å². The number of aryl methyl sites for hydroxylation is 1. The molecule has 2 aromatic rings. The van der Waals surface area contributed by atoms with Gasteiger partial charge in [0.25, 0.3) is 0 Å². The first-order valence-corrected chi connectivity index (χ1v) is 3.75. The van der Waals surface area contributed by atoms with Gasteiger partial charge in [0.1, 0.15) is 11.5 Å².